The fraction of sp³-hybridized carbons (Fsp3) is 0.571. The number of hydrogen-bond donors (Lipinski definition) is 2. The number of piperidine rings is 1. The standard InChI is InChI=1S/C14H21N3O4/c1-21-14-10-12(2-3-13(14)17(19)20)16(8-9-18)11-4-6-15-7-5-11/h2-3,10-11,15,18H,4-9H2,1H3. The molecule has 0 amide bonds. The van der Waals surface area contributed by atoms with Gasteiger partial charge < -0.3 is 20.1 Å². The molecular weight excluding hydrogens is 274 g/mol. The lowest BCUT2D eigenvalue weighted by Gasteiger charge is -2.36. The topological polar surface area (TPSA) is 87.9 Å². The molecule has 0 atom stereocenters. The van der Waals surface area contributed by atoms with Gasteiger partial charge >= 0.3 is 5.69 Å². The first kappa shape index (κ1) is 15.5. The van der Waals surface area contributed by atoms with E-state index >= 15 is 0 Å². The van der Waals surface area contributed by atoms with E-state index in [1.807, 2.05) is 0 Å². The summed E-state index contributed by atoms with van der Waals surface area (Å²) in [5.41, 5.74) is 0.800. The first-order valence-electron chi connectivity index (χ1n) is 7.08. The highest BCUT2D eigenvalue weighted by atomic mass is 16.6. The zero-order valence-corrected chi connectivity index (χ0v) is 12.1. The number of nitro groups is 1. The third-order valence-corrected chi connectivity index (χ3v) is 3.78. The highest BCUT2D eigenvalue weighted by Gasteiger charge is 2.23. The normalized spacial score (nSPS) is 15.7. The number of nitrogens with one attached hydrogen (secondary N) is 1. The molecule has 0 unspecified atom stereocenters. The van der Waals surface area contributed by atoms with Crippen LogP contribution in [0.1, 0.15) is 12.8 Å². The zero-order valence-electron chi connectivity index (χ0n) is 12.1. The Morgan fingerprint density at radius 1 is 1.48 bits per heavy atom. The Kier molecular flexibility index (Phi) is 5.35. The van der Waals surface area contributed by atoms with Gasteiger partial charge in [0.05, 0.1) is 18.6 Å². The summed E-state index contributed by atoms with van der Waals surface area (Å²) in [6.07, 6.45) is 1.97. The van der Waals surface area contributed by atoms with Crippen molar-refractivity contribution < 1.29 is 14.8 Å². The van der Waals surface area contributed by atoms with E-state index in [4.69, 9.17) is 4.74 Å². The van der Waals surface area contributed by atoms with Gasteiger partial charge in [-0.15, -0.1) is 0 Å². The summed E-state index contributed by atoms with van der Waals surface area (Å²) >= 11 is 0. The van der Waals surface area contributed by atoms with Gasteiger partial charge in [0.25, 0.3) is 0 Å². The lowest BCUT2D eigenvalue weighted by molar-refractivity contribution is -0.385. The van der Waals surface area contributed by atoms with Gasteiger partial charge in [-0.3, -0.25) is 10.1 Å². The Bertz CT molecular complexity index is 489. The minimum Gasteiger partial charge on any atom is -0.490 e. The molecule has 7 heteroatoms. The van der Waals surface area contributed by atoms with Crippen molar-refractivity contribution in [3.63, 3.8) is 0 Å². The van der Waals surface area contributed by atoms with Crippen LogP contribution in [0.2, 0.25) is 0 Å². The highest BCUT2D eigenvalue weighted by molar-refractivity contribution is 5.59. The number of hydrogen-bond acceptors (Lipinski definition) is 6. The van der Waals surface area contributed by atoms with Crippen molar-refractivity contribution in [2.45, 2.75) is 18.9 Å². The van der Waals surface area contributed by atoms with Crippen molar-refractivity contribution in [1.82, 2.24) is 5.32 Å². The van der Waals surface area contributed by atoms with E-state index in [9.17, 15) is 15.2 Å². The van der Waals surface area contributed by atoms with Crippen LogP contribution in [0, 0.1) is 10.1 Å². The maximum absolute atomic E-state index is 11.0. The molecule has 1 heterocycles. The van der Waals surface area contributed by atoms with Crippen molar-refractivity contribution in [2.24, 2.45) is 0 Å². The second-order valence-corrected chi connectivity index (χ2v) is 5.01. The van der Waals surface area contributed by atoms with Crippen molar-refractivity contribution in [3.8, 4) is 5.75 Å². The largest absolute Gasteiger partial charge is 0.490 e. The number of nitro benzene ring substituents is 1. The third-order valence-electron chi connectivity index (χ3n) is 3.78. The number of nitrogens with zero attached hydrogens (tertiary/aromatic N) is 2. The average molecular weight is 295 g/mol. The van der Waals surface area contributed by atoms with Gasteiger partial charge in [-0.2, -0.15) is 0 Å². The van der Waals surface area contributed by atoms with Crippen LogP contribution in [0.15, 0.2) is 18.2 Å². The van der Waals surface area contributed by atoms with E-state index in [2.05, 4.69) is 10.2 Å². The number of aliphatic hydroxyl groups is 1. The SMILES string of the molecule is COc1cc(N(CCO)C2CCNCC2)ccc1[N+](=O)[O-]. The summed E-state index contributed by atoms with van der Waals surface area (Å²) in [6, 6.07) is 5.18. The molecule has 1 aromatic rings. The summed E-state index contributed by atoms with van der Waals surface area (Å²) < 4.78 is 5.12. The molecule has 0 aromatic heterocycles. The lowest BCUT2D eigenvalue weighted by Crippen LogP contribution is -2.44. The molecule has 1 aromatic carbocycles. The van der Waals surface area contributed by atoms with Gasteiger partial charge in [-0.05, 0) is 32.0 Å². The predicted octanol–water partition coefficient (Wildman–Crippen LogP) is 1.15. The fourth-order valence-electron chi connectivity index (χ4n) is 2.74. The molecule has 116 valence electrons. The monoisotopic (exact) mass is 295 g/mol. The number of anilines is 1. The van der Waals surface area contributed by atoms with Gasteiger partial charge in [-0.1, -0.05) is 0 Å². The van der Waals surface area contributed by atoms with E-state index < -0.39 is 4.92 Å². The van der Waals surface area contributed by atoms with Crippen molar-refractivity contribution in [2.75, 3.05) is 38.3 Å². The van der Waals surface area contributed by atoms with E-state index in [-0.39, 0.29) is 18.0 Å². The Morgan fingerprint density at radius 2 is 2.19 bits per heavy atom. The smallest absolute Gasteiger partial charge is 0.311 e. The molecule has 0 bridgehead atoms. The molecule has 1 aliphatic heterocycles. The van der Waals surface area contributed by atoms with Gasteiger partial charge in [0.15, 0.2) is 5.75 Å². The quantitative estimate of drug-likeness (QED) is 0.605. The summed E-state index contributed by atoms with van der Waals surface area (Å²) in [6.45, 7) is 2.43. The molecule has 7 nitrogen and oxygen atoms in total. The third kappa shape index (κ3) is 3.62. The summed E-state index contributed by atoms with van der Waals surface area (Å²) in [5.74, 6) is 0.245. The van der Waals surface area contributed by atoms with Crippen LogP contribution in [-0.4, -0.2) is 49.4 Å². The van der Waals surface area contributed by atoms with Crippen LogP contribution in [-0.2, 0) is 0 Å². The van der Waals surface area contributed by atoms with Gasteiger partial charge in [0, 0.05) is 30.4 Å². The summed E-state index contributed by atoms with van der Waals surface area (Å²) in [4.78, 5) is 12.6. The summed E-state index contributed by atoms with van der Waals surface area (Å²) in [5, 5.41) is 23.6. The van der Waals surface area contributed by atoms with E-state index in [1.165, 1.54) is 13.2 Å². The second kappa shape index (κ2) is 7.24. The minimum atomic E-state index is -0.455. The minimum absolute atomic E-state index is 0.0449. The number of aliphatic hydroxyl groups excluding tert-OH is 1. The van der Waals surface area contributed by atoms with Crippen LogP contribution >= 0.6 is 0 Å². The number of methoxy groups -OCH3 is 1. The van der Waals surface area contributed by atoms with Crippen LogP contribution < -0.4 is 15.0 Å². The van der Waals surface area contributed by atoms with Crippen LogP contribution in [0.25, 0.3) is 0 Å². The van der Waals surface area contributed by atoms with Gasteiger partial charge in [0.2, 0.25) is 0 Å². The first-order chi connectivity index (χ1) is 10.2. The molecule has 2 rings (SSSR count). The van der Waals surface area contributed by atoms with Crippen LogP contribution in [0.3, 0.4) is 0 Å². The molecule has 2 N–H and O–H groups in total. The first-order valence-corrected chi connectivity index (χ1v) is 7.08. The number of benzene rings is 1. The molecule has 0 spiro atoms. The van der Waals surface area contributed by atoms with E-state index in [1.54, 1.807) is 12.1 Å². The van der Waals surface area contributed by atoms with Crippen molar-refractivity contribution in [1.29, 1.82) is 0 Å². The lowest BCUT2D eigenvalue weighted by atomic mass is 10.0. The number of ether oxygens (including phenoxy) is 1. The predicted molar refractivity (Wildman–Crippen MR) is 80.0 cm³/mol. The van der Waals surface area contributed by atoms with E-state index in [0.29, 0.717) is 12.6 Å². The maximum atomic E-state index is 11.0. The van der Waals surface area contributed by atoms with Gasteiger partial charge in [0.1, 0.15) is 0 Å². The number of rotatable bonds is 6. The molecule has 1 saturated heterocycles. The highest BCUT2D eigenvalue weighted by Crippen LogP contribution is 2.32. The summed E-state index contributed by atoms with van der Waals surface area (Å²) in [7, 11) is 1.42. The molecule has 0 aliphatic carbocycles. The van der Waals surface area contributed by atoms with Gasteiger partial charge in [-0.25, -0.2) is 0 Å². The van der Waals surface area contributed by atoms with Crippen molar-refractivity contribution >= 4 is 11.4 Å². The fourth-order valence-corrected chi connectivity index (χ4v) is 2.74. The molecule has 21 heavy (non-hydrogen) atoms. The molecule has 0 radical (unpaired) electrons. The molecular formula is C14H21N3O4. The Morgan fingerprint density at radius 3 is 2.76 bits per heavy atom. The molecule has 1 aliphatic rings. The van der Waals surface area contributed by atoms with Crippen molar-refractivity contribution in [3.05, 3.63) is 28.3 Å². The Labute approximate surface area is 123 Å². The molecule has 1 fully saturated rings. The van der Waals surface area contributed by atoms with Crippen LogP contribution in [0.4, 0.5) is 11.4 Å². The Balaban J connectivity index is 2.28. The average Bonchev–Trinajstić information content (AvgIpc) is 2.52. The van der Waals surface area contributed by atoms with E-state index in [0.717, 1.165) is 31.6 Å². The maximum Gasteiger partial charge on any atom is 0.311 e. The Hall–Kier alpha value is -1.86. The second-order valence-electron chi connectivity index (χ2n) is 5.01. The molecule has 0 saturated carbocycles. The zero-order chi connectivity index (χ0) is 15.2. The van der Waals surface area contributed by atoms with Crippen LogP contribution in [0.5, 0.6) is 5.75 Å².